The maximum absolute atomic E-state index is 13.0. The van der Waals surface area contributed by atoms with E-state index in [0.717, 1.165) is 30.5 Å². The van der Waals surface area contributed by atoms with Gasteiger partial charge < -0.3 is 15.0 Å². The zero-order valence-corrected chi connectivity index (χ0v) is 13.2. The van der Waals surface area contributed by atoms with E-state index in [1.165, 1.54) is 0 Å². The zero-order valence-electron chi connectivity index (χ0n) is 13.2. The summed E-state index contributed by atoms with van der Waals surface area (Å²) in [5.74, 6) is 0.0684. The van der Waals surface area contributed by atoms with Crippen molar-refractivity contribution in [3.8, 4) is 0 Å². The molecule has 0 bridgehead atoms. The molecule has 2 fully saturated rings. The van der Waals surface area contributed by atoms with E-state index in [2.05, 4.69) is 20.5 Å². The van der Waals surface area contributed by atoms with Gasteiger partial charge in [-0.05, 0) is 31.9 Å². The average molecular weight is 315 g/mol. The van der Waals surface area contributed by atoms with E-state index >= 15 is 0 Å². The van der Waals surface area contributed by atoms with Gasteiger partial charge in [-0.2, -0.15) is 5.10 Å². The van der Waals surface area contributed by atoms with Crippen molar-refractivity contribution >= 4 is 16.9 Å². The van der Waals surface area contributed by atoms with Gasteiger partial charge in [-0.25, -0.2) is 4.98 Å². The third kappa shape index (κ3) is 2.70. The van der Waals surface area contributed by atoms with Crippen molar-refractivity contribution in [3.63, 3.8) is 0 Å². The minimum absolute atomic E-state index is 0.0684. The van der Waals surface area contributed by atoms with Crippen molar-refractivity contribution in [2.24, 2.45) is 0 Å². The molecule has 2 unspecified atom stereocenters. The van der Waals surface area contributed by atoms with Gasteiger partial charge in [0.25, 0.3) is 5.91 Å². The second-order valence-corrected chi connectivity index (χ2v) is 6.23. The van der Waals surface area contributed by atoms with E-state index in [9.17, 15) is 4.79 Å². The van der Waals surface area contributed by atoms with Gasteiger partial charge in [-0.15, -0.1) is 0 Å². The van der Waals surface area contributed by atoms with Gasteiger partial charge in [0.1, 0.15) is 6.10 Å². The Morgan fingerprint density at radius 3 is 3.09 bits per heavy atom. The third-order valence-electron chi connectivity index (χ3n) is 4.59. The number of amides is 1. The maximum atomic E-state index is 13.0. The number of carbonyl (C=O) groups excluding carboxylic acids is 1. The lowest BCUT2D eigenvalue weighted by molar-refractivity contribution is -0.148. The molecule has 3 heterocycles. The van der Waals surface area contributed by atoms with Crippen LogP contribution in [0.3, 0.4) is 0 Å². The minimum Gasteiger partial charge on any atom is -0.366 e. The van der Waals surface area contributed by atoms with Crippen molar-refractivity contribution in [2.75, 3.05) is 19.7 Å². The predicted octanol–water partition coefficient (Wildman–Crippen LogP) is 0.998. The number of ether oxygens (including phenoxy) is 1. The number of fused-ring (bicyclic) bond motifs is 1. The third-order valence-corrected chi connectivity index (χ3v) is 4.59. The summed E-state index contributed by atoms with van der Waals surface area (Å²) >= 11 is 0. The summed E-state index contributed by atoms with van der Waals surface area (Å²) in [4.78, 5) is 19.2. The average Bonchev–Trinajstić information content (AvgIpc) is 3.33. The number of aromatic amines is 1. The van der Waals surface area contributed by atoms with Crippen LogP contribution in [0.2, 0.25) is 0 Å². The Morgan fingerprint density at radius 2 is 2.35 bits per heavy atom. The van der Waals surface area contributed by atoms with Crippen molar-refractivity contribution in [3.05, 3.63) is 24.0 Å². The van der Waals surface area contributed by atoms with E-state index in [1.807, 2.05) is 24.0 Å². The molecule has 1 saturated carbocycles. The highest BCUT2D eigenvalue weighted by atomic mass is 16.5. The highest BCUT2D eigenvalue weighted by Crippen LogP contribution is 2.36. The fraction of sp³-hybridized carbons (Fsp3) is 0.562. The van der Waals surface area contributed by atoms with Crippen LogP contribution in [-0.2, 0) is 9.53 Å². The Balaban J connectivity index is 1.63. The first kappa shape index (κ1) is 14.6. The Labute approximate surface area is 134 Å². The number of morpholine rings is 1. The van der Waals surface area contributed by atoms with Gasteiger partial charge in [0.2, 0.25) is 0 Å². The Morgan fingerprint density at radius 1 is 1.48 bits per heavy atom. The number of nitrogens with one attached hydrogen (secondary N) is 2. The summed E-state index contributed by atoms with van der Waals surface area (Å²) in [5.41, 5.74) is 1.63. The van der Waals surface area contributed by atoms with Crippen molar-refractivity contribution in [1.82, 2.24) is 25.4 Å². The lowest BCUT2D eigenvalue weighted by atomic mass is 10.1. The topological polar surface area (TPSA) is 83.1 Å². The summed E-state index contributed by atoms with van der Waals surface area (Å²) in [6.07, 6.45) is 3.45. The Hall–Kier alpha value is -1.99. The Bertz CT molecular complexity index is 705. The normalized spacial score (nSPS) is 22.9. The number of hydrogen-bond donors (Lipinski definition) is 2. The number of H-pyrrole nitrogens is 1. The number of rotatable bonds is 4. The Kier molecular flexibility index (Phi) is 3.74. The fourth-order valence-electron chi connectivity index (χ4n) is 3.26. The van der Waals surface area contributed by atoms with E-state index in [1.54, 1.807) is 6.20 Å². The molecule has 2 aromatic heterocycles. The molecule has 2 N–H and O–H groups in total. The lowest BCUT2D eigenvalue weighted by Gasteiger charge is -2.33. The molecular weight excluding hydrogens is 294 g/mol. The molecule has 7 heteroatoms. The first-order chi connectivity index (χ1) is 11.3. The van der Waals surface area contributed by atoms with Gasteiger partial charge in [-0.1, -0.05) is 0 Å². The van der Waals surface area contributed by atoms with Crippen LogP contribution in [-0.4, -0.2) is 57.8 Å². The van der Waals surface area contributed by atoms with Crippen molar-refractivity contribution in [2.45, 2.75) is 38.0 Å². The van der Waals surface area contributed by atoms with Crippen molar-refractivity contribution in [1.29, 1.82) is 0 Å². The highest BCUT2D eigenvalue weighted by Gasteiger charge is 2.40. The van der Waals surface area contributed by atoms with Crippen LogP contribution in [0.5, 0.6) is 0 Å². The van der Waals surface area contributed by atoms with Gasteiger partial charge >= 0.3 is 0 Å². The number of aromatic nitrogens is 3. The monoisotopic (exact) mass is 315 g/mol. The molecule has 7 nitrogen and oxygen atoms in total. The minimum atomic E-state index is -0.390. The molecule has 0 aromatic carbocycles. The number of carbonyl (C=O) groups is 1. The van der Waals surface area contributed by atoms with Crippen LogP contribution in [0.1, 0.15) is 31.5 Å². The molecular formula is C16H21N5O2. The van der Waals surface area contributed by atoms with Gasteiger partial charge in [0, 0.05) is 30.7 Å². The summed E-state index contributed by atoms with van der Waals surface area (Å²) in [7, 11) is 0. The largest absolute Gasteiger partial charge is 0.366 e. The molecule has 122 valence electrons. The summed E-state index contributed by atoms with van der Waals surface area (Å²) in [6.45, 7) is 4.02. The molecule has 0 radical (unpaired) electrons. The summed E-state index contributed by atoms with van der Waals surface area (Å²) < 4.78 is 5.66. The van der Waals surface area contributed by atoms with Crippen LogP contribution in [0, 0.1) is 0 Å². The van der Waals surface area contributed by atoms with Gasteiger partial charge in [0.15, 0.2) is 5.65 Å². The molecule has 1 aliphatic carbocycles. The molecule has 2 aliphatic rings. The lowest BCUT2D eigenvalue weighted by Crippen LogP contribution is -2.50. The van der Waals surface area contributed by atoms with Gasteiger partial charge in [0.05, 0.1) is 18.3 Å². The standard InChI is InChI=1S/C16H21N5O2/c1-10(14-12-3-2-6-18-15(12)20-19-14)21(11-4-5-11)16(22)13-9-17-7-8-23-13/h2-3,6,10-11,13,17H,4-5,7-9H2,1H3,(H,18,19,20). The molecule has 4 rings (SSSR count). The zero-order chi connectivity index (χ0) is 15.8. The number of nitrogens with zero attached hydrogens (tertiary/aromatic N) is 3. The second kappa shape index (κ2) is 5.90. The predicted molar refractivity (Wildman–Crippen MR) is 84.8 cm³/mol. The second-order valence-electron chi connectivity index (χ2n) is 6.23. The summed E-state index contributed by atoms with van der Waals surface area (Å²) in [5, 5.41) is 11.5. The van der Waals surface area contributed by atoms with E-state index in [0.29, 0.717) is 24.8 Å². The maximum Gasteiger partial charge on any atom is 0.253 e. The number of hydrogen-bond acceptors (Lipinski definition) is 5. The molecule has 1 aliphatic heterocycles. The smallest absolute Gasteiger partial charge is 0.253 e. The van der Waals surface area contributed by atoms with E-state index in [4.69, 9.17) is 4.74 Å². The first-order valence-corrected chi connectivity index (χ1v) is 8.19. The van der Waals surface area contributed by atoms with E-state index < -0.39 is 0 Å². The molecule has 1 saturated heterocycles. The first-order valence-electron chi connectivity index (χ1n) is 8.19. The quantitative estimate of drug-likeness (QED) is 0.879. The molecule has 1 amide bonds. The van der Waals surface area contributed by atoms with Crippen LogP contribution >= 0.6 is 0 Å². The van der Waals surface area contributed by atoms with E-state index in [-0.39, 0.29) is 18.1 Å². The van der Waals surface area contributed by atoms with Gasteiger partial charge in [-0.3, -0.25) is 9.89 Å². The highest BCUT2D eigenvalue weighted by molar-refractivity contribution is 5.84. The number of pyridine rings is 1. The van der Waals surface area contributed by atoms with Crippen LogP contribution in [0.4, 0.5) is 0 Å². The van der Waals surface area contributed by atoms with Crippen LogP contribution in [0.25, 0.3) is 11.0 Å². The van der Waals surface area contributed by atoms with Crippen molar-refractivity contribution < 1.29 is 9.53 Å². The van der Waals surface area contributed by atoms with Crippen LogP contribution in [0.15, 0.2) is 18.3 Å². The molecule has 2 atom stereocenters. The molecule has 0 spiro atoms. The molecule has 23 heavy (non-hydrogen) atoms. The van der Waals surface area contributed by atoms with Crippen LogP contribution < -0.4 is 5.32 Å². The summed E-state index contributed by atoms with van der Waals surface area (Å²) in [6, 6.07) is 4.12. The SMILES string of the molecule is CC(c1[nH]nc2ncccc12)N(C(=O)C1CNCCO1)C1CC1. The molecule has 2 aromatic rings. The fourth-order valence-corrected chi connectivity index (χ4v) is 3.26.